The molecule has 1 amide bonds. The van der Waals surface area contributed by atoms with E-state index in [1.807, 2.05) is 13.8 Å². The van der Waals surface area contributed by atoms with E-state index in [0.717, 1.165) is 11.3 Å². The highest BCUT2D eigenvalue weighted by atomic mass is 16.2. The average molecular weight is 234 g/mol. The van der Waals surface area contributed by atoms with Gasteiger partial charge >= 0.3 is 0 Å². The van der Waals surface area contributed by atoms with Crippen LogP contribution < -0.4 is 4.90 Å². The summed E-state index contributed by atoms with van der Waals surface area (Å²) in [5, 5.41) is 10.5. The molecule has 1 aliphatic rings. The second kappa shape index (κ2) is 4.47. The quantitative estimate of drug-likeness (QED) is 0.489. The molecule has 0 saturated carbocycles. The third-order valence-electron chi connectivity index (χ3n) is 3.09. The van der Waals surface area contributed by atoms with E-state index in [2.05, 4.69) is 20.2 Å². The zero-order chi connectivity index (χ0) is 12.4. The number of aromatic amines is 1. The van der Waals surface area contributed by atoms with Crippen molar-refractivity contribution in [2.45, 2.75) is 20.3 Å². The lowest BCUT2D eigenvalue weighted by molar-refractivity contribution is -0.117. The Morgan fingerprint density at radius 3 is 3.00 bits per heavy atom. The maximum Gasteiger partial charge on any atom is 0.228 e. The first-order chi connectivity index (χ1) is 8.13. The van der Waals surface area contributed by atoms with Crippen LogP contribution in [0.5, 0.6) is 0 Å². The number of nitrogens with zero attached hydrogens (tertiary/aromatic N) is 5. The molecule has 0 aromatic carbocycles. The van der Waals surface area contributed by atoms with Crippen molar-refractivity contribution in [3.63, 3.8) is 0 Å². The summed E-state index contributed by atoms with van der Waals surface area (Å²) in [5.41, 5.74) is 10.2. The van der Waals surface area contributed by atoms with Crippen molar-refractivity contribution in [3.05, 3.63) is 21.7 Å². The van der Waals surface area contributed by atoms with E-state index in [-0.39, 0.29) is 11.8 Å². The maximum absolute atomic E-state index is 11.8. The average Bonchev–Trinajstić information content (AvgIpc) is 2.82. The lowest BCUT2D eigenvalue weighted by atomic mass is 10.1. The molecular formula is C10H14N6O. The second-order valence-electron chi connectivity index (χ2n) is 4.29. The molecule has 17 heavy (non-hydrogen) atoms. The summed E-state index contributed by atoms with van der Waals surface area (Å²) >= 11 is 0. The molecule has 7 nitrogen and oxygen atoms in total. The highest BCUT2D eigenvalue weighted by molar-refractivity contribution is 5.95. The van der Waals surface area contributed by atoms with Crippen LogP contribution in [-0.2, 0) is 4.79 Å². The number of rotatable bonds is 3. The largest absolute Gasteiger partial charge is 0.295 e. The van der Waals surface area contributed by atoms with Crippen molar-refractivity contribution < 1.29 is 4.79 Å². The van der Waals surface area contributed by atoms with Crippen LogP contribution in [0.25, 0.3) is 10.4 Å². The minimum atomic E-state index is 0.0396. The molecule has 90 valence electrons. The van der Waals surface area contributed by atoms with Gasteiger partial charge in [-0.2, -0.15) is 5.10 Å². The standard InChI is InChI=1S/C10H14N6O/c1-6-7(2)13-14-10(6)16-5-8(3-9(16)17)4-12-15-11/h8H,3-5H2,1-2H3,(H,13,14). The first kappa shape index (κ1) is 11.5. The fourth-order valence-corrected chi connectivity index (χ4v) is 2.00. The molecule has 2 rings (SSSR count). The van der Waals surface area contributed by atoms with Gasteiger partial charge in [0, 0.05) is 35.7 Å². The summed E-state index contributed by atoms with van der Waals surface area (Å²) in [6.45, 7) is 4.79. The van der Waals surface area contributed by atoms with Gasteiger partial charge in [-0.15, -0.1) is 0 Å². The summed E-state index contributed by atoms with van der Waals surface area (Å²) in [4.78, 5) is 16.2. The van der Waals surface area contributed by atoms with Crippen LogP contribution in [0.15, 0.2) is 5.11 Å². The Morgan fingerprint density at radius 1 is 1.65 bits per heavy atom. The number of H-pyrrole nitrogens is 1. The number of azide groups is 1. The molecule has 1 aliphatic heterocycles. The Morgan fingerprint density at radius 2 is 2.41 bits per heavy atom. The van der Waals surface area contributed by atoms with Crippen LogP contribution in [0, 0.1) is 19.8 Å². The van der Waals surface area contributed by atoms with Gasteiger partial charge in [0.1, 0.15) is 0 Å². The normalized spacial score (nSPS) is 19.5. The van der Waals surface area contributed by atoms with Gasteiger partial charge in [-0.3, -0.25) is 14.8 Å². The Labute approximate surface area is 98.4 Å². The molecule has 1 aromatic heterocycles. The number of carbonyl (C=O) groups is 1. The minimum absolute atomic E-state index is 0.0396. The van der Waals surface area contributed by atoms with Crippen LogP contribution in [0.4, 0.5) is 5.82 Å². The molecule has 0 aliphatic carbocycles. The molecule has 1 fully saturated rings. The molecule has 7 heteroatoms. The lowest BCUT2D eigenvalue weighted by Crippen LogP contribution is -2.25. The third-order valence-corrected chi connectivity index (χ3v) is 3.09. The van der Waals surface area contributed by atoms with Gasteiger partial charge < -0.3 is 0 Å². The Kier molecular flexibility index (Phi) is 3.01. The molecule has 2 heterocycles. The van der Waals surface area contributed by atoms with E-state index in [9.17, 15) is 4.79 Å². The number of hydrogen-bond donors (Lipinski definition) is 1. The summed E-state index contributed by atoms with van der Waals surface area (Å²) in [6, 6.07) is 0. The van der Waals surface area contributed by atoms with Crippen molar-refractivity contribution in [1.29, 1.82) is 0 Å². The zero-order valence-electron chi connectivity index (χ0n) is 9.84. The fraction of sp³-hybridized carbons (Fsp3) is 0.600. The topological polar surface area (TPSA) is 97.8 Å². The maximum atomic E-state index is 11.8. The van der Waals surface area contributed by atoms with Crippen molar-refractivity contribution in [2.24, 2.45) is 11.0 Å². The van der Waals surface area contributed by atoms with E-state index in [0.29, 0.717) is 25.3 Å². The van der Waals surface area contributed by atoms with Crippen LogP contribution in [0.2, 0.25) is 0 Å². The fourth-order valence-electron chi connectivity index (χ4n) is 2.00. The number of nitrogens with one attached hydrogen (secondary N) is 1. The van der Waals surface area contributed by atoms with Crippen LogP contribution in [-0.4, -0.2) is 29.2 Å². The SMILES string of the molecule is Cc1[nH]nc(N2CC(CN=[N+]=[N-])CC2=O)c1C. The Bertz CT molecular complexity index is 487. The molecule has 0 spiro atoms. The Balaban J connectivity index is 2.15. The molecule has 1 aromatic rings. The number of amides is 1. The van der Waals surface area contributed by atoms with Gasteiger partial charge in [0.05, 0.1) is 0 Å². The molecule has 0 bridgehead atoms. The second-order valence-corrected chi connectivity index (χ2v) is 4.29. The molecule has 1 N–H and O–H groups in total. The van der Waals surface area contributed by atoms with Gasteiger partial charge in [0.25, 0.3) is 0 Å². The van der Waals surface area contributed by atoms with Crippen LogP contribution in [0.1, 0.15) is 17.7 Å². The number of hydrogen-bond acceptors (Lipinski definition) is 3. The zero-order valence-corrected chi connectivity index (χ0v) is 9.84. The lowest BCUT2D eigenvalue weighted by Gasteiger charge is -2.14. The number of aromatic nitrogens is 2. The summed E-state index contributed by atoms with van der Waals surface area (Å²) in [5.74, 6) is 0.823. The number of aryl methyl sites for hydroxylation is 1. The highest BCUT2D eigenvalue weighted by Crippen LogP contribution is 2.27. The number of carbonyl (C=O) groups excluding carboxylic acids is 1. The van der Waals surface area contributed by atoms with Crippen molar-refractivity contribution >= 4 is 11.7 Å². The van der Waals surface area contributed by atoms with Gasteiger partial charge in [-0.05, 0) is 25.3 Å². The van der Waals surface area contributed by atoms with Crippen molar-refractivity contribution in [2.75, 3.05) is 18.0 Å². The minimum Gasteiger partial charge on any atom is -0.295 e. The van der Waals surface area contributed by atoms with Crippen LogP contribution >= 0.6 is 0 Å². The Hall–Kier alpha value is -2.01. The van der Waals surface area contributed by atoms with E-state index in [1.54, 1.807) is 4.90 Å². The van der Waals surface area contributed by atoms with E-state index < -0.39 is 0 Å². The van der Waals surface area contributed by atoms with E-state index >= 15 is 0 Å². The predicted octanol–water partition coefficient (Wildman–Crippen LogP) is 1.69. The van der Waals surface area contributed by atoms with E-state index in [1.165, 1.54) is 0 Å². The van der Waals surface area contributed by atoms with E-state index in [4.69, 9.17) is 5.53 Å². The highest BCUT2D eigenvalue weighted by Gasteiger charge is 2.32. The number of anilines is 1. The predicted molar refractivity (Wildman–Crippen MR) is 62.5 cm³/mol. The monoisotopic (exact) mass is 234 g/mol. The summed E-state index contributed by atoms with van der Waals surface area (Å²) in [7, 11) is 0. The molecule has 1 saturated heterocycles. The molecule has 0 radical (unpaired) electrons. The third kappa shape index (κ3) is 2.09. The van der Waals surface area contributed by atoms with Crippen LogP contribution in [0.3, 0.4) is 0 Å². The summed E-state index contributed by atoms with van der Waals surface area (Å²) < 4.78 is 0. The first-order valence-corrected chi connectivity index (χ1v) is 5.46. The smallest absolute Gasteiger partial charge is 0.228 e. The molecule has 1 atom stereocenters. The van der Waals surface area contributed by atoms with Crippen molar-refractivity contribution in [3.8, 4) is 0 Å². The first-order valence-electron chi connectivity index (χ1n) is 5.46. The molecular weight excluding hydrogens is 220 g/mol. The van der Waals surface area contributed by atoms with Gasteiger partial charge in [-0.25, -0.2) is 0 Å². The molecule has 1 unspecified atom stereocenters. The summed E-state index contributed by atoms with van der Waals surface area (Å²) in [6.07, 6.45) is 0.421. The van der Waals surface area contributed by atoms with Crippen molar-refractivity contribution in [1.82, 2.24) is 10.2 Å². The van der Waals surface area contributed by atoms with Gasteiger partial charge in [-0.1, -0.05) is 5.11 Å². The van der Waals surface area contributed by atoms with Gasteiger partial charge in [0.15, 0.2) is 5.82 Å². The van der Waals surface area contributed by atoms with Gasteiger partial charge in [0.2, 0.25) is 5.91 Å².